The summed E-state index contributed by atoms with van der Waals surface area (Å²) in [7, 11) is 0. The number of nitrogens with one attached hydrogen (secondary N) is 2. The molecule has 1 atom stereocenters. The first-order chi connectivity index (χ1) is 12.5. The second kappa shape index (κ2) is 8.46. The molecular formula is C18H21N5OS2. The maximum atomic E-state index is 12.6. The van der Waals surface area contributed by atoms with Crippen LogP contribution in [0.15, 0.2) is 40.9 Å². The van der Waals surface area contributed by atoms with Crippen molar-refractivity contribution in [2.24, 2.45) is 5.92 Å². The van der Waals surface area contributed by atoms with Crippen LogP contribution < -0.4 is 10.6 Å². The number of benzene rings is 1. The standard InChI is InChI=1S/C18H21N5OS2/c1-11(2)10-20-17-22-23-18(26-17)25-12(3)16(24)21-15-8-4-7-14-13(15)6-5-9-19-14/h4-9,11-12H,10H2,1-3H3,(H,20,22)(H,21,24). The minimum Gasteiger partial charge on any atom is -0.360 e. The Kier molecular flexibility index (Phi) is 6.05. The van der Waals surface area contributed by atoms with Gasteiger partial charge in [-0.1, -0.05) is 43.0 Å². The fourth-order valence-electron chi connectivity index (χ4n) is 2.27. The second-order valence-electron chi connectivity index (χ2n) is 6.27. The normalized spacial score (nSPS) is 12.3. The zero-order chi connectivity index (χ0) is 18.5. The van der Waals surface area contributed by atoms with E-state index in [1.807, 2.05) is 37.3 Å². The first-order valence-electron chi connectivity index (χ1n) is 8.41. The summed E-state index contributed by atoms with van der Waals surface area (Å²) in [4.78, 5) is 16.9. The topological polar surface area (TPSA) is 79.8 Å². The highest BCUT2D eigenvalue weighted by atomic mass is 32.2. The summed E-state index contributed by atoms with van der Waals surface area (Å²) >= 11 is 2.88. The number of hydrogen-bond acceptors (Lipinski definition) is 7. The Morgan fingerprint density at radius 3 is 2.85 bits per heavy atom. The average Bonchev–Trinajstić information content (AvgIpc) is 3.07. The number of amides is 1. The molecule has 2 aromatic heterocycles. The number of pyridine rings is 1. The maximum absolute atomic E-state index is 12.6. The molecule has 3 aromatic rings. The van der Waals surface area contributed by atoms with Gasteiger partial charge in [0.25, 0.3) is 0 Å². The van der Waals surface area contributed by atoms with Crippen molar-refractivity contribution in [2.45, 2.75) is 30.4 Å². The van der Waals surface area contributed by atoms with Gasteiger partial charge < -0.3 is 10.6 Å². The third-order valence-electron chi connectivity index (χ3n) is 3.62. The molecule has 8 heteroatoms. The summed E-state index contributed by atoms with van der Waals surface area (Å²) in [5.74, 6) is 0.466. The van der Waals surface area contributed by atoms with Crippen molar-refractivity contribution in [2.75, 3.05) is 17.2 Å². The minimum absolute atomic E-state index is 0.0711. The largest absolute Gasteiger partial charge is 0.360 e. The second-order valence-corrected chi connectivity index (χ2v) is 8.84. The molecule has 0 fully saturated rings. The number of rotatable bonds is 7. The number of nitrogens with zero attached hydrogens (tertiary/aromatic N) is 3. The van der Waals surface area contributed by atoms with E-state index in [1.54, 1.807) is 6.20 Å². The summed E-state index contributed by atoms with van der Waals surface area (Å²) in [5, 5.41) is 15.9. The molecule has 1 aromatic carbocycles. The van der Waals surface area contributed by atoms with E-state index in [0.717, 1.165) is 32.6 Å². The molecule has 0 aliphatic rings. The SMILES string of the molecule is CC(C)CNc1nnc(SC(C)C(=O)Nc2cccc3ncccc23)s1. The van der Waals surface area contributed by atoms with Crippen molar-refractivity contribution in [1.29, 1.82) is 0 Å². The van der Waals surface area contributed by atoms with Crippen LogP contribution in [0.3, 0.4) is 0 Å². The molecule has 6 nitrogen and oxygen atoms in total. The highest BCUT2D eigenvalue weighted by Crippen LogP contribution is 2.30. The monoisotopic (exact) mass is 387 g/mol. The number of hydrogen-bond donors (Lipinski definition) is 2. The van der Waals surface area contributed by atoms with E-state index >= 15 is 0 Å². The van der Waals surface area contributed by atoms with E-state index in [9.17, 15) is 4.79 Å². The highest BCUT2D eigenvalue weighted by molar-refractivity contribution is 8.02. The molecule has 136 valence electrons. The predicted octanol–water partition coefficient (Wildman–Crippen LogP) is 4.27. The van der Waals surface area contributed by atoms with Gasteiger partial charge in [-0.05, 0) is 37.1 Å². The quantitative estimate of drug-likeness (QED) is 0.589. The van der Waals surface area contributed by atoms with Crippen LogP contribution in [-0.2, 0) is 4.79 Å². The zero-order valence-corrected chi connectivity index (χ0v) is 16.5. The summed E-state index contributed by atoms with van der Waals surface area (Å²) < 4.78 is 0.776. The molecule has 0 aliphatic carbocycles. The molecule has 0 spiro atoms. The van der Waals surface area contributed by atoms with Gasteiger partial charge in [-0.2, -0.15) is 0 Å². The smallest absolute Gasteiger partial charge is 0.237 e. The number of thioether (sulfide) groups is 1. The summed E-state index contributed by atoms with van der Waals surface area (Å²) in [6.45, 7) is 6.99. The van der Waals surface area contributed by atoms with Crippen LogP contribution in [0.2, 0.25) is 0 Å². The van der Waals surface area contributed by atoms with E-state index in [4.69, 9.17) is 0 Å². The Morgan fingerprint density at radius 1 is 1.19 bits per heavy atom. The molecular weight excluding hydrogens is 366 g/mol. The summed E-state index contributed by atoms with van der Waals surface area (Å²) in [6, 6.07) is 9.52. The van der Waals surface area contributed by atoms with Crippen molar-refractivity contribution in [3.8, 4) is 0 Å². The fourth-order valence-corrected chi connectivity index (χ4v) is 4.17. The van der Waals surface area contributed by atoms with Crippen LogP contribution in [0.5, 0.6) is 0 Å². The number of anilines is 2. The lowest BCUT2D eigenvalue weighted by Gasteiger charge is -2.12. The molecule has 1 unspecified atom stereocenters. The molecule has 0 saturated heterocycles. The van der Waals surface area contributed by atoms with Crippen LogP contribution in [0.25, 0.3) is 10.9 Å². The molecule has 0 bridgehead atoms. The third-order valence-corrected chi connectivity index (χ3v) is 5.68. The Morgan fingerprint density at radius 2 is 2.04 bits per heavy atom. The predicted molar refractivity (Wildman–Crippen MR) is 109 cm³/mol. The maximum Gasteiger partial charge on any atom is 0.237 e. The molecule has 2 heterocycles. The Bertz CT molecular complexity index is 891. The van der Waals surface area contributed by atoms with Crippen LogP contribution in [0, 0.1) is 5.92 Å². The van der Waals surface area contributed by atoms with Gasteiger partial charge in [-0.3, -0.25) is 9.78 Å². The van der Waals surface area contributed by atoms with Gasteiger partial charge in [0.1, 0.15) is 0 Å². The van der Waals surface area contributed by atoms with Crippen LogP contribution in [0.4, 0.5) is 10.8 Å². The van der Waals surface area contributed by atoms with Gasteiger partial charge in [-0.25, -0.2) is 0 Å². The van der Waals surface area contributed by atoms with Gasteiger partial charge in [0.2, 0.25) is 11.0 Å². The lowest BCUT2D eigenvalue weighted by atomic mass is 10.2. The first-order valence-corrected chi connectivity index (χ1v) is 10.1. The lowest BCUT2D eigenvalue weighted by Crippen LogP contribution is -2.22. The molecule has 2 N–H and O–H groups in total. The van der Waals surface area contributed by atoms with Crippen LogP contribution in [-0.4, -0.2) is 32.9 Å². The molecule has 3 rings (SSSR count). The number of fused-ring (bicyclic) bond motifs is 1. The van der Waals surface area contributed by atoms with Gasteiger partial charge >= 0.3 is 0 Å². The molecule has 1 amide bonds. The number of carbonyl (C=O) groups is 1. The van der Waals surface area contributed by atoms with Crippen molar-refractivity contribution < 1.29 is 4.79 Å². The third kappa shape index (κ3) is 4.70. The average molecular weight is 388 g/mol. The fraction of sp³-hybridized carbons (Fsp3) is 0.333. The van der Waals surface area contributed by atoms with Gasteiger partial charge in [0.05, 0.1) is 16.5 Å². The van der Waals surface area contributed by atoms with Crippen molar-refractivity contribution in [3.05, 3.63) is 36.5 Å². The Labute approximate surface area is 160 Å². The van der Waals surface area contributed by atoms with Gasteiger partial charge in [-0.15, -0.1) is 10.2 Å². The van der Waals surface area contributed by atoms with Crippen molar-refractivity contribution in [1.82, 2.24) is 15.2 Å². The number of aromatic nitrogens is 3. The lowest BCUT2D eigenvalue weighted by molar-refractivity contribution is -0.115. The Balaban J connectivity index is 1.63. The van der Waals surface area contributed by atoms with E-state index in [-0.39, 0.29) is 11.2 Å². The van der Waals surface area contributed by atoms with Crippen molar-refractivity contribution >= 4 is 50.7 Å². The molecule has 0 aliphatic heterocycles. The van der Waals surface area contributed by atoms with Gasteiger partial charge in [0.15, 0.2) is 4.34 Å². The summed E-state index contributed by atoms with van der Waals surface area (Å²) in [5.41, 5.74) is 1.63. The van der Waals surface area contributed by atoms with Gasteiger partial charge in [0, 0.05) is 18.1 Å². The molecule has 0 saturated carbocycles. The highest BCUT2D eigenvalue weighted by Gasteiger charge is 2.18. The van der Waals surface area contributed by atoms with Crippen molar-refractivity contribution in [3.63, 3.8) is 0 Å². The van der Waals surface area contributed by atoms with Crippen LogP contribution in [0.1, 0.15) is 20.8 Å². The number of carbonyl (C=O) groups excluding carboxylic acids is 1. The van der Waals surface area contributed by atoms with E-state index in [1.165, 1.54) is 23.1 Å². The minimum atomic E-state index is -0.284. The van der Waals surface area contributed by atoms with E-state index in [2.05, 4.69) is 39.7 Å². The summed E-state index contributed by atoms with van der Waals surface area (Å²) in [6.07, 6.45) is 1.74. The molecule has 0 radical (unpaired) electrons. The molecule has 26 heavy (non-hydrogen) atoms. The van der Waals surface area contributed by atoms with E-state index in [0.29, 0.717) is 5.92 Å². The zero-order valence-electron chi connectivity index (χ0n) is 14.9. The van der Waals surface area contributed by atoms with E-state index < -0.39 is 0 Å². The first kappa shape index (κ1) is 18.6. The Hall–Kier alpha value is -2.19. The van der Waals surface area contributed by atoms with Crippen LogP contribution >= 0.6 is 23.1 Å².